The van der Waals surface area contributed by atoms with Crippen LogP contribution >= 0.6 is 0 Å². The largest absolute Gasteiger partial charge is 0.383 e. The molecule has 0 aromatic carbocycles. The predicted molar refractivity (Wildman–Crippen MR) is 84.3 cm³/mol. The molecule has 5 nitrogen and oxygen atoms in total. The first kappa shape index (κ1) is 15.4. The Morgan fingerprint density at radius 1 is 1.36 bits per heavy atom. The summed E-state index contributed by atoms with van der Waals surface area (Å²) in [5, 5.41) is 0. The number of pyridine rings is 1. The van der Waals surface area contributed by atoms with Gasteiger partial charge in [0.25, 0.3) is 0 Å². The third-order valence-corrected chi connectivity index (χ3v) is 4.95. The number of hydrogen-bond donors (Lipinski definition) is 0. The summed E-state index contributed by atoms with van der Waals surface area (Å²) in [5.41, 5.74) is 1.06. The highest BCUT2D eigenvalue weighted by atomic mass is 16.5. The molecule has 0 saturated carbocycles. The van der Waals surface area contributed by atoms with Gasteiger partial charge in [-0.3, -0.25) is 14.7 Å². The van der Waals surface area contributed by atoms with Crippen molar-refractivity contribution < 1.29 is 9.53 Å². The van der Waals surface area contributed by atoms with E-state index in [-0.39, 0.29) is 5.41 Å². The van der Waals surface area contributed by atoms with E-state index in [1.165, 1.54) is 5.56 Å². The molecule has 1 aromatic rings. The summed E-state index contributed by atoms with van der Waals surface area (Å²) in [7, 11) is 1.69. The number of aromatic nitrogens is 1. The fraction of sp³-hybridized carbons (Fsp3) is 0.647. The van der Waals surface area contributed by atoms with Crippen molar-refractivity contribution in [3.8, 4) is 0 Å². The summed E-state index contributed by atoms with van der Waals surface area (Å²) >= 11 is 0. The zero-order valence-electron chi connectivity index (χ0n) is 13.3. The standard InChI is InChI=1S/C17H25N3O2/c1-22-11-10-20-9-6-17(16(20)21)5-3-8-19(14-17)13-15-4-2-7-18-12-15/h2,4,7,12H,3,5-6,8-11,13-14H2,1H3. The highest BCUT2D eigenvalue weighted by Gasteiger charge is 2.48. The van der Waals surface area contributed by atoms with Crippen molar-refractivity contribution >= 4 is 5.91 Å². The summed E-state index contributed by atoms with van der Waals surface area (Å²) in [4.78, 5) is 21.4. The van der Waals surface area contributed by atoms with E-state index in [0.717, 1.165) is 52.0 Å². The zero-order valence-corrected chi connectivity index (χ0v) is 13.3. The number of piperidine rings is 1. The molecular formula is C17H25N3O2. The number of amides is 1. The average Bonchev–Trinajstić information content (AvgIpc) is 2.83. The lowest BCUT2D eigenvalue weighted by Crippen LogP contribution is -2.47. The quantitative estimate of drug-likeness (QED) is 0.828. The molecule has 5 heteroatoms. The van der Waals surface area contributed by atoms with E-state index in [0.29, 0.717) is 12.5 Å². The van der Waals surface area contributed by atoms with E-state index >= 15 is 0 Å². The molecule has 1 spiro atoms. The monoisotopic (exact) mass is 303 g/mol. The SMILES string of the molecule is COCCN1CCC2(CCCN(Cc3cccnc3)C2)C1=O. The Morgan fingerprint density at radius 3 is 3.05 bits per heavy atom. The molecule has 3 heterocycles. The number of carbonyl (C=O) groups is 1. The summed E-state index contributed by atoms with van der Waals surface area (Å²) in [6.07, 6.45) is 6.83. The Balaban J connectivity index is 1.64. The maximum atomic E-state index is 12.8. The lowest BCUT2D eigenvalue weighted by Gasteiger charge is -2.39. The van der Waals surface area contributed by atoms with Gasteiger partial charge in [-0.1, -0.05) is 6.07 Å². The first-order valence-electron chi connectivity index (χ1n) is 8.13. The van der Waals surface area contributed by atoms with Crippen molar-refractivity contribution in [3.05, 3.63) is 30.1 Å². The number of hydrogen-bond acceptors (Lipinski definition) is 4. The minimum absolute atomic E-state index is 0.159. The van der Waals surface area contributed by atoms with E-state index in [1.807, 2.05) is 17.2 Å². The Labute approximate surface area is 132 Å². The average molecular weight is 303 g/mol. The molecule has 0 aliphatic carbocycles. The molecule has 0 N–H and O–H groups in total. The maximum Gasteiger partial charge on any atom is 0.230 e. The molecular weight excluding hydrogens is 278 g/mol. The third-order valence-electron chi connectivity index (χ3n) is 4.95. The van der Waals surface area contributed by atoms with Crippen LogP contribution in [0.3, 0.4) is 0 Å². The molecule has 2 aliphatic heterocycles. The highest BCUT2D eigenvalue weighted by Crippen LogP contribution is 2.40. The molecule has 120 valence electrons. The van der Waals surface area contributed by atoms with Gasteiger partial charge in [-0.25, -0.2) is 0 Å². The Morgan fingerprint density at radius 2 is 2.27 bits per heavy atom. The van der Waals surface area contributed by atoms with Crippen molar-refractivity contribution in [1.29, 1.82) is 0 Å². The molecule has 1 aromatic heterocycles. The topological polar surface area (TPSA) is 45.7 Å². The highest BCUT2D eigenvalue weighted by molar-refractivity contribution is 5.85. The lowest BCUT2D eigenvalue weighted by atomic mass is 9.78. The smallest absolute Gasteiger partial charge is 0.230 e. The van der Waals surface area contributed by atoms with E-state index in [2.05, 4.69) is 16.0 Å². The van der Waals surface area contributed by atoms with Gasteiger partial charge in [-0.15, -0.1) is 0 Å². The lowest BCUT2D eigenvalue weighted by molar-refractivity contribution is -0.139. The minimum Gasteiger partial charge on any atom is -0.383 e. The van der Waals surface area contributed by atoms with Crippen LogP contribution in [-0.2, 0) is 16.1 Å². The van der Waals surface area contributed by atoms with Crippen molar-refractivity contribution in [2.75, 3.05) is 39.9 Å². The van der Waals surface area contributed by atoms with Gasteiger partial charge in [0.15, 0.2) is 0 Å². The van der Waals surface area contributed by atoms with Crippen LogP contribution < -0.4 is 0 Å². The third kappa shape index (κ3) is 3.15. The molecule has 2 saturated heterocycles. The number of carbonyl (C=O) groups excluding carboxylic acids is 1. The first-order valence-corrected chi connectivity index (χ1v) is 8.13. The van der Waals surface area contributed by atoms with Crippen LogP contribution in [0, 0.1) is 5.41 Å². The van der Waals surface area contributed by atoms with Gasteiger partial charge in [0, 0.05) is 45.7 Å². The molecule has 2 fully saturated rings. The van der Waals surface area contributed by atoms with E-state index in [4.69, 9.17) is 4.74 Å². The Kier molecular flexibility index (Phi) is 4.74. The summed E-state index contributed by atoms with van der Waals surface area (Å²) in [6.45, 7) is 5.07. The number of methoxy groups -OCH3 is 1. The van der Waals surface area contributed by atoms with Gasteiger partial charge in [0.2, 0.25) is 5.91 Å². The van der Waals surface area contributed by atoms with Crippen molar-refractivity contribution in [3.63, 3.8) is 0 Å². The molecule has 0 bridgehead atoms. The molecule has 1 atom stereocenters. The van der Waals surface area contributed by atoms with Crippen LogP contribution in [0.1, 0.15) is 24.8 Å². The van der Waals surface area contributed by atoms with E-state index < -0.39 is 0 Å². The van der Waals surface area contributed by atoms with Gasteiger partial charge in [0.05, 0.1) is 12.0 Å². The van der Waals surface area contributed by atoms with E-state index in [1.54, 1.807) is 13.3 Å². The van der Waals surface area contributed by atoms with Crippen LogP contribution in [0.2, 0.25) is 0 Å². The molecule has 2 aliphatic rings. The Bertz CT molecular complexity index is 508. The summed E-state index contributed by atoms with van der Waals surface area (Å²) in [5.74, 6) is 0.334. The number of rotatable bonds is 5. The Hall–Kier alpha value is -1.46. The van der Waals surface area contributed by atoms with E-state index in [9.17, 15) is 4.79 Å². The zero-order chi connectivity index (χ0) is 15.4. The molecule has 1 unspecified atom stereocenters. The van der Waals surface area contributed by atoms with Crippen LogP contribution in [0.5, 0.6) is 0 Å². The number of ether oxygens (including phenoxy) is 1. The summed E-state index contributed by atoms with van der Waals surface area (Å²) < 4.78 is 5.12. The van der Waals surface area contributed by atoms with Crippen molar-refractivity contribution in [1.82, 2.24) is 14.8 Å². The van der Waals surface area contributed by atoms with Crippen LogP contribution in [0.25, 0.3) is 0 Å². The fourth-order valence-corrected chi connectivity index (χ4v) is 3.80. The van der Waals surface area contributed by atoms with Gasteiger partial charge in [-0.2, -0.15) is 0 Å². The van der Waals surface area contributed by atoms with Gasteiger partial charge < -0.3 is 9.64 Å². The van der Waals surface area contributed by atoms with Crippen LogP contribution in [0.15, 0.2) is 24.5 Å². The molecule has 3 rings (SSSR count). The predicted octanol–water partition coefficient (Wildman–Crippen LogP) is 1.54. The maximum absolute atomic E-state index is 12.8. The van der Waals surface area contributed by atoms with Crippen molar-refractivity contribution in [2.45, 2.75) is 25.8 Å². The number of likely N-dealkylation sites (tertiary alicyclic amines) is 2. The molecule has 1 amide bonds. The molecule has 0 radical (unpaired) electrons. The van der Waals surface area contributed by atoms with Crippen LogP contribution in [-0.4, -0.2) is 60.6 Å². The fourth-order valence-electron chi connectivity index (χ4n) is 3.80. The van der Waals surface area contributed by atoms with Crippen molar-refractivity contribution in [2.24, 2.45) is 5.41 Å². The second kappa shape index (κ2) is 6.75. The summed E-state index contributed by atoms with van der Waals surface area (Å²) in [6, 6.07) is 4.08. The second-order valence-electron chi connectivity index (χ2n) is 6.49. The van der Waals surface area contributed by atoms with Crippen LogP contribution in [0.4, 0.5) is 0 Å². The second-order valence-corrected chi connectivity index (χ2v) is 6.49. The van der Waals surface area contributed by atoms with Gasteiger partial charge >= 0.3 is 0 Å². The van der Waals surface area contributed by atoms with Gasteiger partial charge in [0.1, 0.15) is 0 Å². The number of nitrogens with zero attached hydrogens (tertiary/aromatic N) is 3. The van der Waals surface area contributed by atoms with Gasteiger partial charge in [-0.05, 0) is 37.4 Å². The molecule has 22 heavy (non-hydrogen) atoms. The minimum atomic E-state index is -0.159. The normalized spacial score (nSPS) is 26.0. The first-order chi connectivity index (χ1) is 10.7.